The molecule has 2 aromatic rings. The van der Waals surface area contributed by atoms with E-state index >= 15 is 0 Å². The summed E-state index contributed by atoms with van der Waals surface area (Å²) in [4.78, 5) is 4.45. The van der Waals surface area contributed by atoms with Gasteiger partial charge in [-0.15, -0.1) is 24.8 Å². The number of hydrogen-bond donors (Lipinski definition) is 2. The summed E-state index contributed by atoms with van der Waals surface area (Å²) in [7, 11) is 1.57. The first kappa shape index (κ1) is 21.4. The Morgan fingerprint density at radius 1 is 1.38 bits per heavy atom. The number of methoxy groups -OCH3 is 1. The Bertz CT molecular complexity index is 681. The van der Waals surface area contributed by atoms with E-state index in [2.05, 4.69) is 14.9 Å². The van der Waals surface area contributed by atoms with E-state index in [1.807, 2.05) is 6.20 Å². The van der Waals surface area contributed by atoms with Crippen LogP contribution in [0.15, 0.2) is 24.5 Å². The maximum atomic E-state index is 9.28. The minimum absolute atomic E-state index is 0. The molecule has 24 heavy (non-hydrogen) atoms. The molecule has 1 fully saturated rings. The van der Waals surface area contributed by atoms with Crippen LogP contribution in [0.3, 0.4) is 0 Å². The molecule has 3 rings (SSSR count). The Balaban J connectivity index is 0.00000144. The molecule has 0 radical (unpaired) electrons. The van der Waals surface area contributed by atoms with Crippen LogP contribution in [0.25, 0.3) is 11.4 Å². The highest BCUT2D eigenvalue weighted by molar-refractivity contribution is 6.36. The van der Waals surface area contributed by atoms with E-state index in [9.17, 15) is 5.11 Å². The number of hydrogen-bond acceptors (Lipinski definition) is 4. The molecule has 1 saturated heterocycles. The molecular weight excluding hydrogens is 396 g/mol. The van der Waals surface area contributed by atoms with E-state index in [1.54, 1.807) is 25.4 Å². The standard InChI is InChI=1S/C15H17Cl2N3O2.2ClH/c1-22-14-12(4-9(16)5-13(14)17)15-18-2-3-20(15)11-6-10(8-21)19-7-11;;/h2-5,10-11,19,21H,6-8H2,1H3;2*1H/t10-,11+;;/m0../s1. The number of nitrogens with zero attached hydrogens (tertiary/aromatic N) is 2. The van der Waals surface area contributed by atoms with Crippen molar-refractivity contribution in [1.82, 2.24) is 14.9 Å². The fraction of sp³-hybridized carbons (Fsp3) is 0.400. The summed E-state index contributed by atoms with van der Waals surface area (Å²) in [5.41, 5.74) is 0.762. The maximum Gasteiger partial charge on any atom is 0.148 e. The van der Waals surface area contributed by atoms with Gasteiger partial charge in [0.15, 0.2) is 0 Å². The van der Waals surface area contributed by atoms with Crippen molar-refractivity contribution < 1.29 is 9.84 Å². The molecule has 134 valence electrons. The van der Waals surface area contributed by atoms with Gasteiger partial charge in [0.1, 0.15) is 11.6 Å². The Labute approximate surface area is 163 Å². The largest absolute Gasteiger partial charge is 0.494 e. The SMILES string of the molecule is COc1c(Cl)cc(Cl)cc1-c1nccn1[C@H]1CN[C@H](CO)C1.Cl.Cl. The summed E-state index contributed by atoms with van der Waals surface area (Å²) < 4.78 is 7.49. The lowest BCUT2D eigenvalue weighted by Crippen LogP contribution is -2.24. The molecule has 5 nitrogen and oxygen atoms in total. The van der Waals surface area contributed by atoms with Crippen molar-refractivity contribution >= 4 is 48.0 Å². The van der Waals surface area contributed by atoms with E-state index in [0.29, 0.717) is 15.8 Å². The van der Waals surface area contributed by atoms with Crippen LogP contribution in [0.2, 0.25) is 10.0 Å². The molecule has 0 unspecified atom stereocenters. The van der Waals surface area contributed by atoms with E-state index in [1.165, 1.54) is 0 Å². The van der Waals surface area contributed by atoms with Crippen LogP contribution in [-0.4, -0.2) is 41.0 Å². The van der Waals surface area contributed by atoms with Crippen LogP contribution in [0.1, 0.15) is 12.5 Å². The van der Waals surface area contributed by atoms with E-state index in [0.717, 1.165) is 24.4 Å². The van der Waals surface area contributed by atoms with Crippen LogP contribution >= 0.6 is 48.0 Å². The summed E-state index contributed by atoms with van der Waals surface area (Å²) in [6.45, 7) is 0.915. The highest BCUT2D eigenvalue weighted by atomic mass is 35.5. The first-order chi connectivity index (χ1) is 10.6. The lowest BCUT2D eigenvalue weighted by atomic mass is 10.1. The molecule has 1 aliphatic rings. The van der Waals surface area contributed by atoms with Crippen molar-refractivity contribution in [2.75, 3.05) is 20.3 Å². The zero-order chi connectivity index (χ0) is 15.7. The van der Waals surface area contributed by atoms with Crippen molar-refractivity contribution in [1.29, 1.82) is 0 Å². The van der Waals surface area contributed by atoms with Crippen LogP contribution < -0.4 is 10.1 Å². The molecular formula is C15H19Cl4N3O2. The quantitative estimate of drug-likeness (QED) is 0.802. The molecule has 0 amide bonds. The second-order valence-corrected chi connectivity index (χ2v) is 6.15. The molecule has 0 spiro atoms. The molecule has 0 bridgehead atoms. The molecule has 0 aliphatic carbocycles. The fourth-order valence-corrected chi connectivity index (χ4v) is 3.47. The molecule has 2 heterocycles. The Kier molecular flexibility index (Phi) is 8.12. The third-order valence-electron chi connectivity index (χ3n) is 3.93. The molecule has 2 N–H and O–H groups in total. The number of aromatic nitrogens is 2. The first-order valence-electron chi connectivity index (χ1n) is 7.04. The molecule has 0 saturated carbocycles. The topological polar surface area (TPSA) is 59.3 Å². The van der Waals surface area contributed by atoms with Crippen molar-refractivity contribution in [3.05, 3.63) is 34.6 Å². The van der Waals surface area contributed by atoms with Gasteiger partial charge in [-0.1, -0.05) is 23.2 Å². The predicted octanol–water partition coefficient (Wildman–Crippen LogP) is 3.60. The fourth-order valence-electron chi connectivity index (χ4n) is 2.90. The Morgan fingerprint density at radius 3 is 2.75 bits per heavy atom. The number of nitrogens with one attached hydrogen (secondary N) is 1. The number of imidazole rings is 1. The highest BCUT2D eigenvalue weighted by Crippen LogP contribution is 2.39. The van der Waals surface area contributed by atoms with Gasteiger partial charge in [-0.05, 0) is 18.6 Å². The maximum absolute atomic E-state index is 9.28. The molecule has 2 atom stereocenters. The van der Waals surface area contributed by atoms with Crippen LogP contribution in [-0.2, 0) is 0 Å². The summed E-state index contributed by atoms with van der Waals surface area (Å²) in [5, 5.41) is 13.6. The lowest BCUT2D eigenvalue weighted by molar-refractivity contribution is 0.253. The third-order valence-corrected chi connectivity index (χ3v) is 4.43. The van der Waals surface area contributed by atoms with Crippen molar-refractivity contribution in [2.45, 2.75) is 18.5 Å². The highest BCUT2D eigenvalue weighted by Gasteiger charge is 2.27. The van der Waals surface area contributed by atoms with E-state index in [4.69, 9.17) is 27.9 Å². The summed E-state index contributed by atoms with van der Waals surface area (Å²) in [5.74, 6) is 1.31. The van der Waals surface area contributed by atoms with Gasteiger partial charge < -0.3 is 19.7 Å². The number of aliphatic hydroxyl groups excluding tert-OH is 1. The molecule has 1 aliphatic heterocycles. The first-order valence-corrected chi connectivity index (χ1v) is 7.80. The van der Waals surface area contributed by atoms with Gasteiger partial charge in [0.05, 0.1) is 24.3 Å². The van der Waals surface area contributed by atoms with Gasteiger partial charge in [0.2, 0.25) is 0 Å². The number of aliphatic hydroxyl groups is 1. The Morgan fingerprint density at radius 2 is 2.12 bits per heavy atom. The normalized spacial score (nSPS) is 19.5. The van der Waals surface area contributed by atoms with E-state index < -0.39 is 0 Å². The number of halogens is 4. The van der Waals surface area contributed by atoms with Gasteiger partial charge >= 0.3 is 0 Å². The van der Waals surface area contributed by atoms with Crippen molar-refractivity contribution in [2.24, 2.45) is 0 Å². The summed E-state index contributed by atoms with van der Waals surface area (Å²) >= 11 is 12.3. The third kappa shape index (κ3) is 4.10. The molecule has 1 aromatic heterocycles. The van der Waals surface area contributed by atoms with E-state index in [-0.39, 0.29) is 43.5 Å². The smallest absolute Gasteiger partial charge is 0.148 e. The number of rotatable bonds is 4. The second kappa shape index (κ2) is 9.13. The lowest BCUT2D eigenvalue weighted by Gasteiger charge is -2.17. The number of benzene rings is 1. The molecule has 1 aromatic carbocycles. The number of ether oxygens (including phenoxy) is 1. The van der Waals surface area contributed by atoms with Crippen molar-refractivity contribution in [3.8, 4) is 17.1 Å². The van der Waals surface area contributed by atoms with Gasteiger partial charge in [0.25, 0.3) is 0 Å². The average Bonchev–Trinajstić information content (AvgIpc) is 3.15. The summed E-state index contributed by atoms with van der Waals surface area (Å²) in [6.07, 6.45) is 4.52. The zero-order valence-electron chi connectivity index (χ0n) is 12.9. The zero-order valence-corrected chi connectivity index (χ0v) is 16.1. The molecule has 9 heteroatoms. The van der Waals surface area contributed by atoms with Crippen LogP contribution in [0.4, 0.5) is 0 Å². The van der Waals surface area contributed by atoms with Crippen LogP contribution in [0, 0.1) is 0 Å². The second-order valence-electron chi connectivity index (χ2n) is 5.30. The average molecular weight is 415 g/mol. The minimum Gasteiger partial charge on any atom is -0.494 e. The van der Waals surface area contributed by atoms with Gasteiger partial charge in [-0.2, -0.15) is 0 Å². The summed E-state index contributed by atoms with van der Waals surface area (Å²) in [6, 6.07) is 3.79. The van der Waals surface area contributed by atoms with Gasteiger partial charge in [0, 0.05) is 36.0 Å². The predicted molar refractivity (Wildman–Crippen MR) is 101 cm³/mol. The van der Waals surface area contributed by atoms with Crippen LogP contribution in [0.5, 0.6) is 5.75 Å². The monoisotopic (exact) mass is 413 g/mol. The van der Waals surface area contributed by atoms with Gasteiger partial charge in [-0.25, -0.2) is 4.98 Å². The Hall–Kier alpha value is -0.690. The van der Waals surface area contributed by atoms with Gasteiger partial charge in [-0.3, -0.25) is 0 Å². The minimum atomic E-state index is 0. The van der Waals surface area contributed by atoms with Crippen molar-refractivity contribution in [3.63, 3.8) is 0 Å².